The van der Waals surface area contributed by atoms with E-state index in [1.54, 1.807) is 6.07 Å². The third kappa shape index (κ3) is 3.66. The van der Waals surface area contributed by atoms with Crippen molar-refractivity contribution in [2.45, 2.75) is 25.7 Å². The summed E-state index contributed by atoms with van der Waals surface area (Å²) in [7, 11) is 0. The zero-order chi connectivity index (χ0) is 13.2. The lowest BCUT2D eigenvalue weighted by Crippen LogP contribution is -2.34. The zero-order valence-corrected chi connectivity index (χ0v) is 12.6. The minimum atomic E-state index is -0.544. The summed E-state index contributed by atoms with van der Waals surface area (Å²) in [6.07, 6.45) is -0.0771. The van der Waals surface area contributed by atoms with Crippen LogP contribution >= 0.6 is 22.6 Å². The van der Waals surface area contributed by atoms with Crippen molar-refractivity contribution < 1.29 is 14.3 Å². The van der Waals surface area contributed by atoms with Gasteiger partial charge in [0.05, 0.1) is 6.61 Å². The number of rotatable bonds is 3. The number of nitrogens with one attached hydrogen (secondary N) is 1. The highest BCUT2D eigenvalue weighted by molar-refractivity contribution is 14.1. The van der Waals surface area contributed by atoms with Crippen LogP contribution in [0, 0.1) is 3.57 Å². The number of hydrogen-bond acceptors (Lipinski definition) is 3. The standard InChI is InChI=1S/C13H16INO3/c1-13(2)17-8-11(18-13)7-15-12(16)9-4-3-5-10(14)6-9/h3-6,11H,7-8H2,1-2H3,(H,15,16). The van der Waals surface area contributed by atoms with Crippen LogP contribution in [0.1, 0.15) is 24.2 Å². The molecule has 0 spiro atoms. The van der Waals surface area contributed by atoms with Crippen molar-refractivity contribution in [2.24, 2.45) is 0 Å². The fourth-order valence-corrected chi connectivity index (χ4v) is 2.35. The van der Waals surface area contributed by atoms with Crippen LogP contribution in [0.5, 0.6) is 0 Å². The van der Waals surface area contributed by atoms with Gasteiger partial charge in [-0.15, -0.1) is 0 Å². The van der Waals surface area contributed by atoms with E-state index in [0.29, 0.717) is 18.7 Å². The summed E-state index contributed by atoms with van der Waals surface area (Å²) >= 11 is 2.19. The Hall–Kier alpha value is -0.660. The Balaban J connectivity index is 1.86. The van der Waals surface area contributed by atoms with Crippen LogP contribution < -0.4 is 5.32 Å². The lowest BCUT2D eigenvalue weighted by Gasteiger charge is -2.17. The molecule has 1 fully saturated rings. The number of ether oxygens (including phenoxy) is 2. The molecule has 0 aliphatic carbocycles. The lowest BCUT2D eigenvalue weighted by molar-refractivity contribution is -0.137. The normalized spacial score (nSPS) is 21.8. The van der Waals surface area contributed by atoms with Gasteiger partial charge in [-0.25, -0.2) is 0 Å². The number of benzene rings is 1. The fourth-order valence-electron chi connectivity index (χ4n) is 1.80. The maximum Gasteiger partial charge on any atom is 0.251 e. The SMILES string of the molecule is CC1(C)OCC(CNC(=O)c2cccc(I)c2)O1. The Labute approximate surface area is 120 Å². The highest BCUT2D eigenvalue weighted by atomic mass is 127. The maximum atomic E-state index is 11.9. The van der Waals surface area contributed by atoms with Crippen molar-refractivity contribution >= 4 is 28.5 Å². The highest BCUT2D eigenvalue weighted by Gasteiger charge is 2.32. The number of carbonyl (C=O) groups excluding carboxylic acids is 1. The molecular weight excluding hydrogens is 345 g/mol. The Kier molecular flexibility index (Phi) is 4.24. The first-order chi connectivity index (χ1) is 8.46. The van der Waals surface area contributed by atoms with Crippen LogP contribution in [-0.4, -0.2) is 30.9 Å². The summed E-state index contributed by atoms with van der Waals surface area (Å²) in [5.74, 6) is -0.626. The molecule has 0 bridgehead atoms. The molecule has 1 amide bonds. The molecule has 2 rings (SSSR count). The van der Waals surface area contributed by atoms with Crippen LogP contribution in [0.25, 0.3) is 0 Å². The first-order valence-electron chi connectivity index (χ1n) is 5.82. The maximum absolute atomic E-state index is 11.9. The van der Waals surface area contributed by atoms with E-state index in [9.17, 15) is 4.79 Å². The first-order valence-corrected chi connectivity index (χ1v) is 6.90. The third-order valence-electron chi connectivity index (χ3n) is 2.64. The van der Waals surface area contributed by atoms with E-state index in [1.807, 2.05) is 32.0 Å². The molecular formula is C13H16INO3. The summed E-state index contributed by atoms with van der Waals surface area (Å²) in [4.78, 5) is 11.9. The molecule has 1 atom stereocenters. The Morgan fingerprint density at radius 3 is 2.94 bits per heavy atom. The van der Waals surface area contributed by atoms with Gasteiger partial charge in [0.1, 0.15) is 6.10 Å². The number of halogens is 1. The molecule has 1 aromatic rings. The summed E-state index contributed by atoms with van der Waals surface area (Å²) in [5, 5.41) is 2.86. The molecule has 0 saturated carbocycles. The number of hydrogen-bond donors (Lipinski definition) is 1. The van der Waals surface area contributed by atoms with Gasteiger partial charge in [-0.3, -0.25) is 4.79 Å². The van der Waals surface area contributed by atoms with Gasteiger partial charge in [-0.05, 0) is 54.6 Å². The molecule has 1 aromatic carbocycles. The zero-order valence-electron chi connectivity index (χ0n) is 10.4. The van der Waals surface area contributed by atoms with Gasteiger partial charge in [0.15, 0.2) is 5.79 Å². The van der Waals surface area contributed by atoms with Gasteiger partial charge in [0.2, 0.25) is 0 Å². The summed E-state index contributed by atoms with van der Waals surface area (Å²) in [5.41, 5.74) is 0.667. The van der Waals surface area contributed by atoms with Gasteiger partial charge in [-0.1, -0.05) is 6.07 Å². The van der Waals surface area contributed by atoms with Crippen molar-refractivity contribution in [1.82, 2.24) is 5.32 Å². The minimum absolute atomic E-state index is 0.0771. The minimum Gasteiger partial charge on any atom is -0.349 e. The Morgan fingerprint density at radius 2 is 2.33 bits per heavy atom. The van der Waals surface area contributed by atoms with Crippen molar-refractivity contribution in [2.75, 3.05) is 13.2 Å². The van der Waals surface area contributed by atoms with Crippen molar-refractivity contribution in [1.29, 1.82) is 0 Å². The quantitative estimate of drug-likeness (QED) is 0.840. The van der Waals surface area contributed by atoms with Crippen LogP contribution in [0.15, 0.2) is 24.3 Å². The first kappa shape index (κ1) is 13.8. The second-order valence-corrected chi connectivity index (χ2v) is 5.92. The van der Waals surface area contributed by atoms with Crippen LogP contribution in [0.2, 0.25) is 0 Å². The van der Waals surface area contributed by atoms with E-state index < -0.39 is 5.79 Å². The monoisotopic (exact) mass is 361 g/mol. The molecule has 0 radical (unpaired) electrons. The highest BCUT2D eigenvalue weighted by Crippen LogP contribution is 2.21. The predicted octanol–water partition coefficient (Wildman–Crippen LogP) is 2.17. The van der Waals surface area contributed by atoms with Crippen molar-refractivity contribution in [3.8, 4) is 0 Å². The molecule has 1 heterocycles. The lowest BCUT2D eigenvalue weighted by atomic mass is 10.2. The number of amides is 1. The molecule has 1 unspecified atom stereocenters. The van der Waals surface area contributed by atoms with Gasteiger partial charge in [-0.2, -0.15) is 0 Å². The van der Waals surface area contributed by atoms with E-state index in [2.05, 4.69) is 27.9 Å². The number of carbonyl (C=O) groups is 1. The van der Waals surface area contributed by atoms with Crippen LogP contribution in [-0.2, 0) is 9.47 Å². The van der Waals surface area contributed by atoms with E-state index in [0.717, 1.165) is 3.57 Å². The molecule has 4 nitrogen and oxygen atoms in total. The van der Waals surface area contributed by atoms with Gasteiger partial charge in [0.25, 0.3) is 5.91 Å². The molecule has 1 aliphatic heterocycles. The topological polar surface area (TPSA) is 47.6 Å². The van der Waals surface area contributed by atoms with Crippen molar-refractivity contribution in [3.05, 3.63) is 33.4 Å². The molecule has 98 valence electrons. The Morgan fingerprint density at radius 1 is 1.56 bits per heavy atom. The predicted molar refractivity (Wildman–Crippen MR) is 76.4 cm³/mol. The molecule has 1 N–H and O–H groups in total. The van der Waals surface area contributed by atoms with E-state index in [4.69, 9.17) is 9.47 Å². The molecule has 18 heavy (non-hydrogen) atoms. The van der Waals surface area contributed by atoms with Gasteiger partial charge >= 0.3 is 0 Å². The molecule has 0 aromatic heterocycles. The van der Waals surface area contributed by atoms with E-state index >= 15 is 0 Å². The average molecular weight is 361 g/mol. The third-order valence-corrected chi connectivity index (χ3v) is 3.32. The molecule has 5 heteroatoms. The van der Waals surface area contributed by atoms with Crippen molar-refractivity contribution in [3.63, 3.8) is 0 Å². The van der Waals surface area contributed by atoms with Gasteiger partial charge in [0, 0.05) is 15.7 Å². The largest absolute Gasteiger partial charge is 0.349 e. The fraction of sp³-hybridized carbons (Fsp3) is 0.462. The van der Waals surface area contributed by atoms with Crippen LogP contribution in [0.4, 0.5) is 0 Å². The summed E-state index contributed by atoms with van der Waals surface area (Å²) < 4.78 is 12.1. The van der Waals surface area contributed by atoms with Gasteiger partial charge < -0.3 is 14.8 Å². The average Bonchev–Trinajstić information content (AvgIpc) is 2.66. The second kappa shape index (κ2) is 5.54. The second-order valence-electron chi connectivity index (χ2n) is 4.67. The van der Waals surface area contributed by atoms with E-state index in [-0.39, 0.29) is 12.0 Å². The van der Waals surface area contributed by atoms with Crippen LogP contribution in [0.3, 0.4) is 0 Å². The smallest absolute Gasteiger partial charge is 0.251 e. The molecule has 1 saturated heterocycles. The Bertz CT molecular complexity index is 448. The summed E-state index contributed by atoms with van der Waals surface area (Å²) in [6.45, 7) is 4.72. The summed E-state index contributed by atoms with van der Waals surface area (Å²) in [6, 6.07) is 7.47. The van der Waals surface area contributed by atoms with E-state index in [1.165, 1.54) is 0 Å². The molecule has 1 aliphatic rings.